The summed E-state index contributed by atoms with van der Waals surface area (Å²) < 4.78 is 44.4. The van der Waals surface area contributed by atoms with Crippen LogP contribution in [0.25, 0.3) is 22.2 Å². The third kappa shape index (κ3) is 6.77. The number of alkyl halides is 3. The number of piperidine rings is 1. The number of hydrogen-bond donors (Lipinski definition) is 1. The summed E-state index contributed by atoms with van der Waals surface area (Å²) in [4.78, 5) is 27.2. The third-order valence-electron chi connectivity index (χ3n) is 6.65. The molecule has 1 aromatic carbocycles. The number of thiazole rings is 1. The van der Waals surface area contributed by atoms with Crippen LogP contribution in [0.3, 0.4) is 0 Å². The molecule has 1 saturated heterocycles. The van der Waals surface area contributed by atoms with Gasteiger partial charge in [-0.15, -0.1) is 11.3 Å². The van der Waals surface area contributed by atoms with Crippen LogP contribution in [-0.4, -0.2) is 46.9 Å². The van der Waals surface area contributed by atoms with E-state index >= 15 is 0 Å². The molecule has 204 valence electrons. The predicted molar refractivity (Wildman–Crippen MR) is 145 cm³/mol. The number of fused-ring (bicyclic) bond motifs is 1. The molecule has 39 heavy (non-hydrogen) atoms. The number of alkyl carbamates (subject to hydrolysis) is 1. The summed E-state index contributed by atoms with van der Waals surface area (Å²) >= 11 is 6.85. The number of pyridine rings is 2. The Kier molecular flexibility index (Phi) is 8.18. The normalized spacial score (nSPS) is 15.3. The fourth-order valence-corrected chi connectivity index (χ4v) is 5.45. The van der Waals surface area contributed by atoms with Gasteiger partial charge in [-0.3, -0.25) is 0 Å². The van der Waals surface area contributed by atoms with Gasteiger partial charge < -0.3 is 15.0 Å². The fraction of sp³-hybridized carbons (Fsp3) is 0.333. The molecule has 5 rings (SSSR count). The van der Waals surface area contributed by atoms with Gasteiger partial charge in [0.25, 0.3) is 0 Å². The minimum absolute atomic E-state index is 0.240. The van der Waals surface area contributed by atoms with Gasteiger partial charge in [0.1, 0.15) is 10.8 Å². The van der Waals surface area contributed by atoms with Crippen molar-refractivity contribution in [1.29, 1.82) is 0 Å². The smallest absolute Gasteiger partial charge is 0.429 e. The molecule has 1 unspecified atom stereocenters. The van der Waals surface area contributed by atoms with Crippen molar-refractivity contribution in [3.05, 3.63) is 70.3 Å². The minimum atomic E-state index is -4.73. The van der Waals surface area contributed by atoms with E-state index in [-0.39, 0.29) is 11.6 Å². The zero-order valence-corrected chi connectivity index (χ0v) is 22.3. The standard InChI is InChI=1S/C27H25ClF3N5O2S/c28-20-3-5-21-18(15-20)1-4-22(35-21)19-2-6-23(34-16-19)36-12-8-17(9-13-36)7-10-33-26(37)38-24(27(29,30)31)25-32-11-14-39-25/h1-6,11,14-17,24H,7-10,12-13H2,(H,33,37). The lowest BCUT2D eigenvalue weighted by molar-refractivity contribution is -0.206. The van der Waals surface area contributed by atoms with Gasteiger partial charge in [-0.2, -0.15) is 13.2 Å². The summed E-state index contributed by atoms with van der Waals surface area (Å²) in [6, 6.07) is 13.5. The number of nitrogens with one attached hydrogen (secondary N) is 1. The minimum Gasteiger partial charge on any atom is -0.429 e. The number of hydrogen-bond acceptors (Lipinski definition) is 7. The summed E-state index contributed by atoms with van der Waals surface area (Å²) in [5.74, 6) is 1.22. The lowest BCUT2D eigenvalue weighted by Crippen LogP contribution is -2.36. The van der Waals surface area contributed by atoms with E-state index in [1.807, 2.05) is 48.7 Å². The van der Waals surface area contributed by atoms with Crippen molar-refractivity contribution in [2.45, 2.75) is 31.5 Å². The molecule has 1 aliphatic rings. The van der Waals surface area contributed by atoms with Gasteiger partial charge in [-0.25, -0.2) is 19.7 Å². The molecule has 3 aromatic heterocycles. The molecule has 1 atom stereocenters. The van der Waals surface area contributed by atoms with Crippen LogP contribution in [0.1, 0.15) is 30.4 Å². The second kappa shape index (κ2) is 11.7. The molecule has 0 aliphatic carbocycles. The van der Waals surface area contributed by atoms with Gasteiger partial charge in [-0.1, -0.05) is 17.7 Å². The highest BCUT2D eigenvalue weighted by molar-refractivity contribution is 7.09. The van der Waals surface area contributed by atoms with Crippen molar-refractivity contribution in [3.8, 4) is 11.3 Å². The SMILES string of the molecule is O=C(NCCC1CCN(c2ccc(-c3ccc4cc(Cl)ccc4n3)cn2)CC1)OC(c1nccs1)C(F)(F)F. The van der Waals surface area contributed by atoms with E-state index in [0.29, 0.717) is 17.4 Å². The first-order valence-corrected chi connectivity index (χ1v) is 13.7. The maximum absolute atomic E-state index is 13.3. The second-order valence-corrected chi connectivity index (χ2v) is 10.6. The van der Waals surface area contributed by atoms with E-state index in [2.05, 4.69) is 24.9 Å². The average molecular weight is 576 g/mol. The number of anilines is 1. The van der Waals surface area contributed by atoms with Gasteiger partial charge in [-0.05, 0) is 61.6 Å². The number of benzene rings is 1. The van der Waals surface area contributed by atoms with Gasteiger partial charge in [0.05, 0.1) is 11.2 Å². The lowest BCUT2D eigenvalue weighted by Gasteiger charge is -2.33. The van der Waals surface area contributed by atoms with Crippen LogP contribution >= 0.6 is 22.9 Å². The highest BCUT2D eigenvalue weighted by Crippen LogP contribution is 2.36. The van der Waals surface area contributed by atoms with Crippen LogP contribution in [0.2, 0.25) is 5.02 Å². The molecule has 0 saturated carbocycles. The van der Waals surface area contributed by atoms with Gasteiger partial charge in [0, 0.05) is 53.4 Å². The maximum Gasteiger partial charge on any atom is 0.432 e. The molecule has 0 radical (unpaired) electrons. The number of carbonyl (C=O) groups excluding carboxylic acids is 1. The summed E-state index contributed by atoms with van der Waals surface area (Å²) in [5.41, 5.74) is 2.62. The summed E-state index contributed by atoms with van der Waals surface area (Å²) in [6.45, 7) is 1.84. The second-order valence-electron chi connectivity index (χ2n) is 9.28. The Balaban J connectivity index is 1.08. The van der Waals surface area contributed by atoms with E-state index in [1.54, 1.807) is 0 Å². The van der Waals surface area contributed by atoms with Crippen molar-refractivity contribution in [3.63, 3.8) is 0 Å². The van der Waals surface area contributed by atoms with E-state index in [1.165, 1.54) is 11.6 Å². The Morgan fingerprint density at radius 1 is 1.15 bits per heavy atom. The van der Waals surface area contributed by atoms with E-state index in [9.17, 15) is 18.0 Å². The fourth-order valence-electron chi connectivity index (χ4n) is 4.58. The molecule has 1 N–H and O–H groups in total. The predicted octanol–water partition coefficient (Wildman–Crippen LogP) is 7.04. The Hall–Kier alpha value is -3.44. The van der Waals surface area contributed by atoms with Crippen LogP contribution < -0.4 is 10.2 Å². The zero-order chi connectivity index (χ0) is 27.4. The molecule has 0 bridgehead atoms. The molecule has 12 heteroatoms. The largest absolute Gasteiger partial charge is 0.432 e. The molecule has 1 fully saturated rings. The summed E-state index contributed by atoms with van der Waals surface area (Å²) in [5, 5.41) is 5.21. The van der Waals surface area contributed by atoms with Gasteiger partial charge in [0.15, 0.2) is 0 Å². The third-order valence-corrected chi connectivity index (χ3v) is 7.71. The molecular formula is C27H25ClF3N5O2S. The maximum atomic E-state index is 13.3. The first kappa shape index (κ1) is 27.1. The number of carbonyl (C=O) groups is 1. The number of aromatic nitrogens is 3. The van der Waals surface area contributed by atoms with Crippen LogP contribution in [0.5, 0.6) is 0 Å². The van der Waals surface area contributed by atoms with Gasteiger partial charge >= 0.3 is 12.3 Å². The Bertz CT molecular complexity index is 1410. The van der Waals surface area contributed by atoms with E-state index in [0.717, 1.165) is 65.2 Å². The first-order valence-electron chi connectivity index (χ1n) is 12.4. The average Bonchev–Trinajstić information content (AvgIpc) is 3.46. The van der Waals surface area contributed by atoms with Crippen LogP contribution in [0.4, 0.5) is 23.8 Å². The van der Waals surface area contributed by atoms with Gasteiger partial charge in [0.2, 0.25) is 6.10 Å². The number of nitrogens with zero attached hydrogens (tertiary/aromatic N) is 4. The molecule has 4 aromatic rings. The molecule has 1 aliphatic heterocycles. The quantitative estimate of drug-likeness (QED) is 0.254. The monoisotopic (exact) mass is 575 g/mol. The Morgan fingerprint density at radius 2 is 1.97 bits per heavy atom. The Morgan fingerprint density at radius 3 is 2.67 bits per heavy atom. The number of rotatable bonds is 7. The molecule has 7 nitrogen and oxygen atoms in total. The topological polar surface area (TPSA) is 80.2 Å². The van der Waals surface area contributed by atoms with E-state index < -0.39 is 18.4 Å². The van der Waals surface area contributed by atoms with Crippen molar-refractivity contribution in [2.24, 2.45) is 5.92 Å². The number of ether oxygens (including phenoxy) is 1. The Labute approximate surface area is 232 Å². The van der Waals surface area contributed by atoms with Crippen molar-refractivity contribution < 1.29 is 22.7 Å². The van der Waals surface area contributed by atoms with Crippen LogP contribution in [0, 0.1) is 5.92 Å². The summed E-state index contributed by atoms with van der Waals surface area (Å²) in [7, 11) is 0. The number of halogens is 4. The molecular weight excluding hydrogens is 551 g/mol. The van der Waals surface area contributed by atoms with Crippen molar-refractivity contribution in [2.75, 3.05) is 24.5 Å². The van der Waals surface area contributed by atoms with Crippen LogP contribution in [0.15, 0.2) is 60.2 Å². The van der Waals surface area contributed by atoms with E-state index in [4.69, 9.17) is 16.6 Å². The van der Waals surface area contributed by atoms with Crippen LogP contribution in [-0.2, 0) is 4.74 Å². The number of amides is 1. The van der Waals surface area contributed by atoms with Crippen molar-refractivity contribution in [1.82, 2.24) is 20.3 Å². The highest BCUT2D eigenvalue weighted by Gasteiger charge is 2.46. The zero-order valence-electron chi connectivity index (χ0n) is 20.7. The molecule has 0 spiro atoms. The summed E-state index contributed by atoms with van der Waals surface area (Å²) in [6.07, 6.45) is -2.69. The lowest BCUT2D eigenvalue weighted by atomic mass is 9.93. The molecule has 1 amide bonds. The first-order chi connectivity index (χ1) is 18.8. The molecule has 4 heterocycles. The highest BCUT2D eigenvalue weighted by atomic mass is 35.5. The van der Waals surface area contributed by atoms with Crippen molar-refractivity contribution >= 4 is 45.8 Å².